The Bertz CT molecular complexity index is 814. The van der Waals surface area contributed by atoms with Crippen molar-refractivity contribution in [1.82, 2.24) is 4.57 Å². The maximum absolute atomic E-state index is 11.5. The Morgan fingerprint density at radius 3 is 2.81 bits per heavy atom. The molecule has 21 heavy (non-hydrogen) atoms. The summed E-state index contributed by atoms with van der Waals surface area (Å²) >= 11 is 0. The van der Waals surface area contributed by atoms with E-state index < -0.39 is 4.92 Å². The summed E-state index contributed by atoms with van der Waals surface area (Å²) in [5.41, 5.74) is 3.29. The van der Waals surface area contributed by atoms with Crippen molar-refractivity contribution < 1.29 is 9.66 Å². The number of methoxy groups -OCH3 is 1. The molecular formula is C15H15N3O3. The van der Waals surface area contributed by atoms with E-state index in [9.17, 15) is 15.4 Å². The first-order chi connectivity index (χ1) is 10.0. The van der Waals surface area contributed by atoms with Crippen molar-refractivity contribution in [3.63, 3.8) is 0 Å². The number of rotatable bonds is 2. The summed E-state index contributed by atoms with van der Waals surface area (Å²) in [5.74, 6) is 0.108. The van der Waals surface area contributed by atoms with Gasteiger partial charge in [-0.25, -0.2) is 0 Å². The Balaban J connectivity index is 2.49. The van der Waals surface area contributed by atoms with Crippen LogP contribution in [0.2, 0.25) is 0 Å². The number of fused-ring (bicyclic) bond motifs is 3. The van der Waals surface area contributed by atoms with Crippen LogP contribution in [0.25, 0.3) is 10.9 Å². The molecular weight excluding hydrogens is 271 g/mol. The van der Waals surface area contributed by atoms with Gasteiger partial charge in [-0.15, -0.1) is 0 Å². The van der Waals surface area contributed by atoms with E-state index in [-0.39, 0.29) is 11.6 Å². The molecule has 0 spiro atoms. The molecule has 2 aromatic rings. The normalized spacial score (nSPS) is 16.8. The van der Waals surface area contributed by atoms with Crippen LogP contribution >= 0.6 is 0 Å². The first-order valence-corrected chi connectivity index (χ1v) is 6.75. The zero-order chi connectivity index (χ0) is 15.3. The van der Waals surface area contributed by atoms with Gasteiger partial charge in [0.15, 0.2) is 0 Å². The number of nitriles is 1. The van der Waals surface area contributed by atoms with Gasteiger partial charge in [-0.2, -0.15) is 5.26 Å². The lowest BCUT2D eigenvalue weighted by atomic mass is 10.0. The van der Waals surface area contributed by atoms with Gasteiger partial charge in [0.2, 0.25) is 5.75 Å². The fourth-order valence-corrected chi connectivity index (χ4v) is 3.45. The molecule has 0 fully saturated rings. The predicted molar refractivity (Wildman–Crippen MR) is 77.6 cm³/mol. The lowest BCUT2D eigenvalue weighted by molar-refractivity contribution is -0.384. The standard InChI is InChI=1S/C15H15N3O3/c1-8-6-11-12(14(18(19)20)15(8)21-3)9(2)13-10(7-16)4-5-17(11)13/h6,10H,4-5H2,1-3H3/i7+1. The molecule has 0 saturated carbocycles. The van der Waals surface area contributed by atoms with E-state index in [0.29, 0.717) is 11.1 Å². The molecule has 6 nitrogen and oxygen atoms in total. The van der Waals surface area contributed by atoms with Gasteiger partial charge in [0, 0.05) is 17.8 Å². The van der Waals surface area contributed by atoms with Crippen LogP contribution in [0.5, 0.6) is 5.75 Å². The lowest BCUT2D eigenvalue weighted by Crippen LogP contribution is -1.99. The van der Waals surface area contributed by atoms with Crippen molar-refractivity contribution in [3.05, 3.63) is 33.0 Å². The van der Waals surface area contributed by atoms with Crippen LogP contribution in [0.4, 0.5) is 5.69 Å². The monoisotopic (exact) mass is 286 g/mol. The van der Waals surface area contributed by atoms with E-state index in [1.165, 1.54) is 7.11 Å². The second-order valence-electron chi connectivity index (χ2n) is 5.36. The second-order valence-corrected chi connectivity index (χ2v) is 5.36. The zero-order valence-corrected chi connectivity index (χ0v) is 12.1. The molecule has 0 radical (unpaired) electrons. The highest BCUT2D eigenvalue weighted by Crippen LogP contribution is 2.45. The van der Waals surface area contributed by atoms with Gasteiger partial charge in [0.1, 0.15) is 0 Å². The topological polar surface area (TPSA) is 81.1 Å². The van der Waals surface area contributed by atoms with E-state index in [2.05, 4.69) is 6.07 Å². The minimum absolute atomic E-state index is 0.00332. The number of hydrogen-bond donors (Lipinski definition) is 0. The molecule has 1 unspecified atom stereocenters. The molecule has 0 aliphatic carbocycles. The summed E-state index contributed by atoms with van der Waals surface area (Å²) in [6.45, 7) is 4.38. The minimum atomic E-state index is -0.391. The largest absolute Gasteiger partial charge is 0.490 e. The molecule has 0 N–H and O–H groups in total. The molecule has 1 atom stereocenters. The Kier molecular flexibility index (Phi) is 2.87. The van der Waals surface area contributed by atoms with Crippen LogP contribution < -0.4 is 4.74 Å². The molecule has 1 aromatic heterocycles. The van der Waals surface area contributed by atoms with Crippen molar-refractivity contribution in [2.75, 3.05) is 7.11 Å². The molecule has 1 aliphatic heterocycles. The summed E-state index contributed by atoms with van der Waals surface area (Å²) in [6, 6.07) is 4.21. The molecule has 3 rings (SSSR count). The third-order valence-corrected chi connectivity index (χ3v) is 4.27. The Hall–Kier alpha value is -2.55. The van der Waals surface area contributed by atoms with Crippen LogP contribution in [0.1, 0.15) is 29.2 Å². The molecule has 0 saturated heterocycles. The second kappa shape index (κ2) is 4.48. The van der Waals surface area contributed by atoms with Crippen molar-refractivity contribution in [3.8, 4) is 11.8 Å². The zero-order valence-electron chi connectivity index (χ0n) is 12.1. The van der Waals surface area contributed by atoms with Crippen molar-refractivity contribution in [2.24, 2.45) is 0 Å². The van der Waals surface area contributed by atoms with Crippen LogP contribution in [0.15, 0.2) is 6.07 Å². The van der Waals surface area contributed by atoms with Gasteiger partial charge in [-0.1, -0.05) is 0 Å². The lowest BCUT2D eigenvalue weighted by Gasteiger charge is -2.08. The number of benzene rings is 1. The van der Waals surface area contributed by atoms with E-state index in [1.807, 2.05) is 17.6 Å². The smallest absolute Gasteiger partial charge is 0.320 e. The first-order valence-electron chi connectivity index (χ1n) is 6.75. The van der Waals surface area contributed by atoms with Crippen LogP contribution in [-0.4, -0.2) is 16.6 Å². The average Bonchev–Trinajstić information content (AvgIpc) is 2.98. The molecule has 2 heterocycles. The van der Waals surface area contributed by atoms with Gasteiger partial charge in [-0.3, -0.25) is 10.1 Å². The fraction of sp³-hybridized carbons (Fsp3) is 0.400. The molecule has 0 bridgehead atoms. The van der Waals surface area contributed by atoms with E-state index in [4.69, 9.17) is 4.74 Å². The van der Waals surface area contributed by atoms with Gasteiger partial charge in [-0.05, 0) is 31.9 Å². The van der Waals surface area contributed by atoms with Gasteiger partial charge in [0.25, 0.3) is 0 Å². The third-order valence-electron chi connectivity index (χ3n) is 4.27. The van der Waals surface area contributed by atoms with E-state index in [1.54, 1.807) is 6.92 Å². The number of aryl methyl sites for hydroxylation is 3. The fourth-order valence-electron chi connectivity index (χ4n) is 3.45. The summed E-state index contributed by atoms with van der Waals surface area (Å²) < 4.78 is 7.28. The van der Waals surface area contributed by atoms with Crippen molar-refractivity contribution >= 4 is 16.6 Å². The summed E-state index contributed by atoms with van der Waals surface area (Å²) in [5, 5.41) is 21.4. The van der Waals surface area contributed by atoms with Crippen LogP contribution in [-0.2, 0) is 6.54 Å². The SMILES string of the molecule is COc1c(C)cc2c(c(C)c3n2CCC3[13C]#N)c1[N+](=O)[O-]. The molecule has 1 aromatic carbocycles. The third kappa shape index (κ3) is 1.64. The van der Waals surface area contributed by atoms with Crippen molar-refractivity contribution in [2.45, 2.75) is 32.7 Å². The Labute approximate surface area is 121 Å². The number of nitro benzene ring substituents is 1. The molecule has 108 valence electrons. The molecule has 1 aliphatic rings. The Morgan fingerprint density at radius 2 is 2.24 bits per heavy atom. The average molecular weight is 286 g/mol. The van der Waals surface area contributed by atoms with E-state index >= 15 is 0 Å². The maximum Gasteiger partial charge on any atom is 0.320 e. The number of nitro groups is 1. The molecule has 6 heteroatoms. The minimum Gasteiger partial charge on any atom is -0.490 e. The highest BCUT2D eigenvalue weighted by atomic mass is 16.6. The van der Waals surface area contributed by atoms with Crippen LogP contribution in [0, 0.1) is 35.3 Å². The summed E-state index contributed by atoms with van der Waals surface area (Å²) in [7, 11) is 1.44. The van der Waals surface area contributed by atoms with Gasteiger partial charge in [0.05, 0.1) is 34.9 Å². The van der Waals surface area contributed by atoms with Crippen molar-refractivity contribution in [1.29, 1.82) is 5.26 Å². The summed E-state index contributed by atoms with van der Waals surface area (Å²) in [4.78, 5) is 11.1. The highest BCUT2D eigenvalue weighted by molar-refractivity contribution is 5.97. The quantitative estimate of drug-likeness (QED) is 0.482. The number of aromatic nitrogens is 1. The van der Waals surface area contributed by atoms with E-state index in [0.717, 1.165) is 35.3 Å². The Morgan fingerprint density at radius 1 is 1.52 bits per heavy atom. The number of nitrogens with zero attached hydrogens (tertiary/aromatic N) is 3. The van der Waals surface area contributed by atoms with Gasteiger partial charge >= 0.3 is 5.69 Å². The predicted octanol–water partition coefficient (Wildman–Crippen LogP) is 3.19. The highest BCUT2D eigenvalue weighted by Gasteiger charge is 2.33. The number of ether oxygens (including phenoxy) is 1. The number of hydrogen-bond acceptors (Lipinski definition) is 4. The molecule has 0 amide bonds. The first kappa shape index (κ1) is 13.4. The summed E-state index contributed by atoms with van der Waals surface area (Å²) in [6.07, 6.45) is 0.765. The van der Waals surface area contributed by atoms with Gasteiger partial charge < -0.3 is 9.30 Å². The van der Waals surface area contributed by atoms with Crippen LogP contribution in [0.3, 0.4) is 0 Å². The maximum atomic E-state index is 11.5.